The first kappa shape index (κ1) is 15.7. The van der Waals surface area contributed by atoms with Crippen LogP contribution < -0.4 is 10.2 Å². The fraction of sp³-hybridized carbons (Fsp3) is 0.263. The summed E-state index contributed by atoms with van der Waals surface area (Å²) in [7, 11) is 0. The molecule has 25 heavy (non-hydrogen) atoms. The standard InChI is InChI=1S/C19H20N4O2/c24-19(14-5-6-16-17(11-14)22-13-21-16)20-12-15-3-1-2-4-18(15)23-7-9-25-10-8-23/h1-6,11,13H,7-10,12H2,(H,20,24)(H,21,22). The predicted molar refractivity (Wildman–Crippen MR) is 96.7 cm³/mol. The Bertz CT molecular complexity index is 884. The van der Waals surface area contributed by atoms with E-state index in [2.05, 4.69) is 32.3 Å². The van der Waals surface area contributed by atoms with Crippen molar-refractivity contribution in [3.05, 3.63) is 59.9 Å². The third kappa shape index (κ3) is 3.34. The summed E-state index contributed by atoms with van der Waals surface area (Å²) in [5.74, 6) is -0.0896. The predicted octanol–water partition coefficient (Wildman–Crippen LogP) is 2.33. The lowest BCUT2D eigenvalue weighted by Gasteiger charge is -2.30. The molecule has 2 aromatic carbocycles. The minimum atomic E-state index is -0.0896. The lowest BCUT2D eigenvalue weighted by Crippen LogP contribution is -2.37. The number of carbonyl (C=O) groups is 1. The summed E-state index contributed by atoms with van der Waals surface area (Å²) in [6, 6.07) is 13.7. The number of morpholine rings is 1. The number of H-pyrrole nitrogens is 1. The van der Waals surface area contributed by atoms with Crippen LogP contribution in [0.2, 0.25) is 0 Å². The van der Waals surface area contributed by atoms with E-state index in [-0.39, 0.29) is 5.91 Å². The van der Waals surface area contributed by atoms with E-state index < -0.39 is 0 Å². The van der Waals surface area contributed by atoms with Crippen molar-refractivity contribution in [2.75, 3.05) is 31.2 Å². The molecule has 4 rings (SSSR count). The highest BCUT2D eigenvalue weighted by atomic mass is 16.5. The second-order valence-electron chi connectivity index (χ2n) is 6.05. The number of anilines is 1. The molecule has 1 aliphatic rings. The van der Waals surface area contributed by atoms with E-state index in [0.29, 0.717) is 12.1 Å². The summed E-state index contributed by atoms with van der Waals surface area (Å²) in [4.78, 5) is 22.0. The van der Waals surface area contributed by atoms with E-state index in [0.717, 1.165) is 48.6 Å². The number of amides is 1. The van der Waals surface area contributed by atoms with Crippen LogP contribution in [0, 0.1) is 0 Å². The van der Waals surface area contributed by atoms with Crippen molar-refractivity contribution in [2.24, 2.45) is 0 Å². The maximum atomic E-state index is 12.5. The molecule has 6 heteroatoms. The van der Waals surface area contributed by atoms with Gasteiger partial charge in [0.1, 0.15) is 0 Å². The van der Waals surface area contributed by atoms with Gasteiger partial charge >= 0.3 is 0 Å². The molecule has 1 amide bonds. The molecule has 1 fully saturated rings. The molecule has 1 saturated heterocycles. The first-order valence-electron chi connectivity index (χ1n) is 8.43. The molecule has 0 atom stereocenters. The van der Waals surface area contributed by atoms with Crippen molar-refractivity contribution in [2.45, 2.75) is 6.54 Å². The molecule has 0 aliphatic carbocycles. The van der Waals surface area contributed by atoms with Gasteiger partial charge in [0, 0.05) is 30.9 Å². The molecule has 1 aliphatic heterocycles. The molecule has 0 unspecified atom stereocenters. The SMILES string of the molecule is O=C(NCc1ccccc1N1CCOCC1)c1ccc2nc[nH]c2c1. The van der Waals surface area contributed by atoms with Crippen molar-refractivity contribution in [1.29, 1.82) is 0 Å². The van der Waals surface area contributed by atoms with Crippen molar-refractivity contribution in [3.63, 3.8) is 0 Å². The number of nitrogens with zero attached hydrogens (tertiary/aromatic N) is 2. The molecule has 3 aromatic rings. The van der Waals surface area contributed by atoms with Crippen molar-refractivity contribution < 1.29 is 9.53 Å². The average molecular weight is 336 g/mol. The molecular weight excluding hydrogens is 316 g/mol. The van der Waals surface area contributed by atoms with Crippen molar-refractivity contribution in [1.82, 2.24) is 15.3 Å². The normalized spacial score (nSPS) is 14.6. The molecule has 6 nitrogen and oxygen atoms in total. The molecule has 1 aromatic heterocycles. The van der Waals surface area contributed by atoms with Gasteiger partial charge in [0.05, 0.1) is 30.6 Å². The molecule has 2 N–H and O–H groups in total. The van der Waals surface area contributed by atoms with Gasteiger partial charge in [-0.1, -0.05) is 18.2 Å². The van der Waals surface area contributed by atoms with Gasteiger partial charge in [-0.3, -0.25) is 4.79 Å². The van der Waals surface area contributed by atoms with E-state index in [1.807, 2.05) is 24.3 Å². The highest BCUT2D eigenvalue weighted by Gasteiger charge is 2.15. The number of hydrogen-bond donors (Lipinski definition) is 2. The number of carbonyl (C=O) groups excluding carboxylic acids is 1. The highest BCUT2D eigenvalue weighted by Crippen LogP contribution is 2.21. The van der Waals surface area contributed by atoms with Gasteiger partial charge in [0.2, 0.25) is 0 Å². The molecular formula is C19H20N4O2. The average Bonchev–Trinajstić information content (AvgIpc) is 3.15. The molecule has 2 heterocycles. The van der Waals surface area contributed by atoms with Crippen LogP contribution >= 0.6 is 0 Å². The smallest absolute Gasteiger partial charge is 0.251 e. The number of rotatable bonds is 4. The number of fused-ring (bicyclic) bond motifs is 1. The topological polar surface area (TPSA) is 70.2 Å². The molecule has 0 radical (unpaired) electrons. The van der Waals surface area contributed by atoms with E-state index in [4.69, 9.17) is 4.74 Å². The monoisotopic (exact) mass is 336 g/mol. The second-order valence-corrected chi connectivity index (χ2v) is 6.05. The van der Waals surface area contributed by atoms with Gasteiger partial charge in [-0.2, -0.15) is 0 Å². The maximum Gasteiger partial charge on any atom is 0.251 e. The number of nitrogens with one attached hydrogen (secondary N) is 2. The third-order valence-corrected chi connectivity index (χ3v) is 4.47. The number of para-hydroxylation sites is 1. The van der Waals surface area contributed by atoms with Crippen LogP contribution in [0.4, 0.5) is 5.69 Å². The molecule has 0 bridgehead atoms. The lowest BCUT2D eigenvalue weighted by atomic mass is 10.1. The van der Waals surface area contributed by atoms with Crippen LogP contribution in [0.25, 0.3) is 11.0 Å². The Hall–Kier alpha value is -2.86. The van der Waals surface area contributed by atoms with E-state index in [1.165, 1.54) is 0 Å². The highest BCUT2D eigenvalue weighted by molar-refractivity contribution is 5.97. The van der Waals surface area contributed by atoms with E-state index in [9.17, 15) is 4.79 Å². The fourth-order valence-corrected chi connectivity index (χ4v) is 3.13. The summed E-state index contributed by atoms with van der Waals surface area (Å²) in [5.41, 5.74) is 4.62. The molecule has 128 valence electrons. The summed E-state index contributed by atoms with van der Waals surface area (Å²) < 4.78 is 5.43. The largest absolute Gasteiger partial charge is 0.378 e. The summed E-state index contributed by atoms with van der Waals surface area (Å²) in [6.07, 6.45) is 1.63. The van der Waals surface area contributed by atoms with Gasteiger partial charge in [-0.15, -0.1) is 0 Å². The Morgan fingerprint density at radius 1 is 1.20 bits per heavy atom. The van der Waals surface area contributed by atoms with Gasteiger partial charge < -0.3 is 19.9 Å². The van der Waals surface area contributed by atoms with E-state index >= 15 is 0 Å². The van der Waals surface area contributed by atoms with Crippen LogP contribution in [-0.2, 0) is 11.3 Å². The van der Waals surface area contributed by atoms with Crippen LogP contribution in [0.5, 0.6) is 0 Å². The van der Waals surface area contributed by atoms with Crippen LogP contribution in [0.1, 0.15) is 15.9 Å². The fourth-order valence-electron chi connectivity index (χ4n) is 3.13. The first-order chi connectivity index (χ1) is 12.3. The van der Waals surface area contributed by atoms with E-state index in [1.54, 1.807) is 12.4 Å². The third-order valence-electron chi connectivity index (χ3n) is 4.47. The summed E-state index contributed by atoms with van der Waals surface area (Å²) in [6.45, 7) is 3.73. The second kappa shape index (κ2) is 6.94. The van der Waals surface area contributed by atoms with Crippen LogP contribution in [0.3, 0.4) is 0 Å². The zero-order valence-electron chi connectivity index (χ0n) is 13.9. The maximum absolute atomic E-state index is 12.5. The number of aromatic nitrogens is 2. The number of imidazole rings is 1. The minimum Gasteiger partial charge on any atom is -0.378 e. The molecule has 0 saturated carbocycles. The number of hydrogen-bond acceptors (Lipinski definition) is 4. The lowest BCUT2D eigenvalue weighted by molar-refractivity contribution is 0.0951. The quantitative estimate of drug-likeness (QED) is 0.767. The van der Waals surface area contributed by atoms with Gasteiger partial charge in [-0.05, 0) is 29.8 Å². The Balaban J connectivity index is 1.48. The van der Waals surface area contributed by atoms with Gasteiger partial charge in [-0.25, -0.2) is 4.98 Å². The Kier molecular flexibility index (Phi) is 4.35. The number of aromatic amines is 1. The zero-order valence-corrected chi connectivity index (χ0v) is 13.9. The van der Waals surface area contributed by atoms with Crippen LogP contribution in [-0.4, -0.2) is 42.2 Å². The Morgan fingerprint density at radius 2 is 2.04 bits per heavy atom. The van der Waals surface area contributed by atoms with Gasteiger partial charge in [0.25, 0.3) is 5.91 Å². The van der Waals surface area contributed by atoms with Crippen LogP contribution in [0.15, 0.2) is 48.8 Å². The minimum absolute atomic E-state index is 0.0896. The summed E-state index contributed by atoms with van der Waals surface area (Å²) >= 11 is 0. The first-order valence-corrected chi connectivity index (χ1v) is 8.43. The Morgan fingerprint density at radius 3 is 2.92 bits per heavy atom. The zero-order chi connectivity index (χ0) is 17.1. The Labute approximate surface area is 145 Å². The summed E-state index contributed by atoms with van der Waals surface area (Å²) in [5, 5.41) is 3.02. The molecule has 0 spiro atoms. The number of benzene rings is 2. The number of ether oxygens (including phenoxy) is 1. The van der Waals surface area contributed by atoms with Crippen molar-refractivity contribution >= 4 is 22.6 Å². The van der Waals surface area contributed by atoms with Gasteiger partial charge in [0.15, 0.2) is 0 Å². The van der Waals surface area contributed by atoms with Crippen molar-refractivity contribution in [3.8, 4) is 0 Å².